The van der Waals surface area contributed by atoms with Crippen molar-refractivity contribution < 1.29 is 13.2 Å². The zero-order chi connectivity index (χ0) is 13.6. The molecule has 1 aromatic heterocycles. The average Bonchev–Trinajstić information content (AvgIpc) is 2.79. The lowest BCUT2D eigenvalue weighted by atomic mass is 10.2. The third-order valence-corrected chi connectivity index (χ3v) is 3.83. The molecule has 6 nitrogen and oxygen atoms in total. The van der Waals surface area contributed by atoms with Crippen LogP contribution in [0.1, 0.15) is 17.3 Å². The molecule has 4 N–H and O–H groups in total. The van der Waals surface area contributed by atoms with Crippen LogP contribution in [0, 0.1) is 0 Å². The van der Waals surface area contributed by atoms with Crippen LogP contribution in [0.5, 0.6) is 0 Å². The molecule has 0 bridgehead atoms. The molecule has 1 aromatic rings. The molecule has 0 aliphatic heterocycles. The monoisotopic (exact) mass is 291 g/mol. The molecule has 1 unspecified atom stereocenters. The highest BCUT2D eigenvalue weighted by atomic mass is 32.2. The Kier molecular flexibility index (Phi) is 5.73. The summed E-state index contributed by atoms with van der Waals surface area (Å²) in [5, 5.41) is 4.52. The zero-order valence-electron chi connectivity index (χ0n) is 10.0. The SMILES string of the molecule is CS(=O)(=O)NCCCNC(=O)C(N)c1cccs1. The van der Waals surface area contributed by atoms with Crippen molar-refractivity contribution in [2.75, 3.05) is 19.3 Å². The second-order valence-corrected chi connectivity index (χ2v) is 6.62. The van der Waals surface area contributed by atoms with Crippen LogP contribution in [0.3, 0.4) is 0 Å². The number of hydrogen-bond donors (Lipinski definition) is 3. The van der Waals surface area contributed by atoms with Gasteiger partial charge in [0.25, 0.3) is 0 Å². The molecule has 1 rings (SSSR count). The van der Waals surface area contributed by atoms with Crippen molar-refractivity contribution in [1.29, 1.82) is 0 Å². The van der Waals surface area contributed by atoms with E-state index in [1.807, 2.05) is 11.4 Å². The van der Waals surface area contributed by atoms with Crippen molar-refractivity contribution in [3.8, 4) is 0 Å². The van der Waals surface area contributed by atoms with Crippen LogP contribution in [0.25, 0.3) is 0 Å². The Labute approximate surface area is 111 Å². The van der Waals surface area contributed by atoms with Gasteiger partial charge in [0.05, 0.1) is 6.26 Å². The molecule has 102 valence electrons. The molecule has 1 amide bonds. The molecule has 0 saturated heterocycles. The predicted octanol–water partition coefficient (Wildman–Crippen LogP) is -0.197. The Morgan fingerprint density at radius 1 is 1.50 bits per heavy atom. The molecule has 1 atom stereocenters. The van der Waals surface area contributed by atoms with E-state index in [0.717, 1.165) is 11.1 Å². The minimum atomic E-state index is -3.16. The fourth-order valence-corrected chi connectivity index (χ4v) is 2.51. The number of thiophene rings is 1. The molecule has 0 aromatic carbocycles. The third kappa shape index (κ3) is 5.58. The minimum absolute atomic E-state index is 0.253. The summed E-state index contributed by atoms with van der Waals surface area (Å²) in [4.78, 5) is 12.4. The molecule has 1 heterocycles. The summed E-state index contributed by atoms with van der Waals surface area (Å²) in [7, 11) is -3.16. The van der Waals surface area contributed by atoms with Gasteiger partial charge in [-0.15, -0.1) is 11.3 Å². The number of sulfonamides is 1. The number of nitrogens with one attached hydrogen (secondary N) is 2. The molecule has 18 heavy (non-hydrogen) atoms. The Morgan fingerprint density at radius 2 is 2.22 bits per heavy atom. The van der Waals surface area contributed by atoms with Gasteiger partial charge >= 0.3 is 0 Å². The van der Waals surface area contributed by atoms with Crippen molar-refractivity contribution >= 4 is 27.3 Å². The second kappa shape index (κ2) is 6.83. The zero-order valence-corrected chi connectivity index (χ0v) is 11.7. The van der Waals surface area contributed by atoms with Gasteiger partial charge in [-0.3, -0.25) is 4.79 Å². The molecule has 0 spiro atoms. The number of hydrogen-bond acceptors (Lipinski definition) is 5. The average molecular weight is 291 g/mol. The second-order valence-electron chi connectivity index (χ2n) is 3.80. The highest BCUT2D eigenvalue weighted by Crippen LogP contribution is 2.16. The summed E-state index contributed by atoms with van der Waals surface area (Å²) >= 11 is 1.43. The van der Waals surface area contributed by atoms with Gasteiger partial charge in [-0.1, -0.05) is 6.07 Å². The summed E-state index contributed by atoms with van der Waals surface area (Å²) in [5.74, 6) is -0.253. The highest BCUT2D eigenvalue weighted by Gasteiger charge is 2.15. The summed E-state index contributed by atoms with van der Waals surface area (Å²) < 4.78 is 23.9. The van der Waals surface area contributed by atoms with Crippen molar-refractivity contribution in [3.63, 3.8) is 0 Å². The maximum absolute atomic E-state index is 11.6. The van der Waals surface area contributed by atoms with Gasteiger partial charge in [0.1, 0.15) is 6.04 Å². The van der Waals surface area contributed by atoms with Gasteiger partial charge in [-0.25, -0.2) is 13.1 Å². The predicted molar refractivity (Wildman–Crippen MR) is 71.7 cm³/mol. The highest BCUT2D eigenvalue weighted by molar-refractivity contribution is 7.88. The van der Waals surface area contributed by atoms with Crippen LogP contribution in [-0.4, -0.2) is 33.7 Å². The van der Waals surface area contributed by atoms with Crippen LogP contribution in [0.15, 0.2) is 17.5 Å². The first-order valence-electron chi connectivity index (χ1n) is 5.41. The normalized spacial score (nSPS) is 13.2. The first kappa shape index (κ1) is 15.1. The summed E-state index contributed by atoms with van der Waals surface area (Å²) in [6.45, 7) is 0.688. The van der Waals surface area contributed by atoms with E-state index in [1.54, 1.807) is 6.07 Å². The number of nitrogens with two attached hydrogens (primary N) is 1. The van der Waals surface area contributed by atoms with E-state index in [1.165, 1.54) is 11.3 Å². The maximum atomic E-state index is 11.6. The molecule has 0 saturated carbocycles. The molecule has 0 aliphatic carbocycles. The van der Waals surface area contributed by atoms with Gasteiger partial charge in [-0.05, 0) is 17.9 Å². The Bertz CT molecular complexity index is 471. The number of carbonyl (C=O) groups is 1. The van der Waals surface area contributed by atoms with Gasteiger partial charge in [-0.2, -0.15) is 0 Å². The number of amides is 1. The van der Waals surface area contributed by atoms with Crippen LogP contribution in [0.4, 0.5) is 0 Å². The van der Waals surface area contributed by atoms with Crippen molar-refractivity contribution in [2.24, 2.45) is 5.73 Å². The quantitative estimate of drug-likeness (QED) is 0.606. The standard InChI is InChI=1S/C10H17N3O3S2/c1-18(15,16)13-6-3-5-12-10(14)9(11)8-4-2-7-17-8/h2,4,7,9,13H,3,5-6,11H2,1H3,(H,12,14). The fraction of sp³-hybridized carbons (Fsp3) is 0.500. The van der Waals surface area contributed by atoms with Gasteiger partial charge in [0, 0.05) is 18.0 Å². The Balaban J connectivity index is 2.22. The van der Waals surface area contributed by atoms with E-state index >= 15 is 0 Å². The van der Waals surface area contributed by atoms with E-state index in [0.29, 0.717) is 19.5 Å². The summed E-state index contributed by atoms with van der Waals surface area (Å²) in [6, 6.07) is 2.98. The Morgan fingerprint density at radius 3 is 2.78 bits per heavy atom. The number of carbonyl (C=O) groups excluding carboxylic acids is 1. The molecule has 0 aliphatic rings. The number of rotatable bonds is 7. The van der Waals surface area contributed by atoms with Crippen molar-refractivity contribution in [1.82, 2.24) is 10.0 Å². The van der Waals surface area contributed by atoms with Crippen LogP contribution in [0.2, 0.25) is 0 Å². The molecular weight excluding hydrogens is 274 g/mol. The van der Waals surface area contributed by atoms with E-state index in [9.17, 15) is 13.2 Å². The summed E-state index contributed by atoms with van der Waals surface area (Å²) in [5.41, 5.74) is 5.75. The van der Waals surface area contributed by atoms with E-state index < -0.39 is 16.1 Å². The van der Waals surface area contributed by atoms with Crippen LogP contribution in [-0.2, 0) is 14.8 Å². The van der Waals surface area contributed by atoms with Crippen molar-refractivity contribution in [2.45, 2.75) is 12.5 Å². The lowest BCUT2D eigenvalue weighted by Crippen LogP contribution is -2.35. The topological polar surface area (TPSA) is 101 Å². The van der Waals surface area contributed by atoms with Gasteiger partial charge in [0.15, 0.2) is 0 Å². The smallest absolute Gasteiger partial charge is 0.242 e. The maximum Gasteiger partial charge on any atom is 0.242 e. The van der Waals surface area contributed by atoms with E-state index in [4.69, 9.17) is 5.73 Å². The lowest BCUT2D eigenvalue weighted by molar-refractivity contribution is -0.122. The minimum Gasteiger partial charge on any atom is -0.354 e. The van der Waals surface area contributed by atoms with Gasteiger partial charge in [0.2, 0.25) is 15.9 Å². The molecular formula is C10H17N3O3S2. The Hall–Kier alpha value is -0.960. The summed E-state index contributed by atoms with van der Waals surface area (Å²) in [6.07, 6.45) is 1.62. The largest absolute Gasteiger partial charge is 0.354 e. The molecule has 8 heteroatoms. The molecule has 0 fully saturated rings. The van der Waals surface area contributed by atoms with E-state index in [2.05, 4.69) is 10.0 Å². The van der Waals surface area contributed by atoms with Crippen molar-refractivity contribution in [3.05, 3.63) is 22.4 Å². The van der Waals surface area contributed by atoms with Crippen LogP contribution >= 0.6 is 11.3 Å². The van der Waals surface area contributed by atoms with Gasteiger partial charge < -0.3 is 11.1 Å². The fourth-order valence-electron chi connectivity index (χ4n) is 1.26. The van der Waals surface area contributed by atoms with E-state index in [-0.39, 0.29) is 5.91 Å². The first-order chi connectivity index (χ1) is 8.40. The van der Waals surface area contributed by atoms with Crippen LogP contribution < -0.4 is 15.8 Å². The lowest BCUT2D eigenvalue weighted by Gasteiger charge is -2.10. The first-order valence-corrected chi connectivity index (χ1v) is 8.18. The molecule has 0 radical (unpaired) electrons. The third-order valence-electron chi connectivity index (χ3n) is 2.15.